The number of halogens is 3. The minimum atomic E-state index is -4.63. The van der Waals surface area contributed by atoms with Crippen LogP contribution < -0.4 is 9.80 Å². The van der Waals surface area contributed by atoms with Gasteiger partial charge in [-0.1, -0.05) is 66.7 Å². The van der Waals surface area contributed by atoms with Crippen molar-refractivity contribution in [1.29, 1.82) is 0 Å². The van der Waals surface area contributed by atoms with Gasteiger partial charge in [0.25, 0.3) is 0 Å². The molecule has 5 nitrogen and oxygen atoms in total. The van der Waals surface area contributed by atoms with Gasteiger partial charge in [-0.05, 0) is 29.8 Å². The van der Waals surface area contributed by atoms with E-state index in [1.807, 2.05) is 35.2 Å². The first-order chi connectivity index (χ1) is 17.3. The summed E-state index contributed by atoms with van der Waals surface area (Å²) >= 11 is 0. The Labute approximate surface area is 204 Å². The second-order valence-corrected chi connectivity index (χ2v) is 9.10. The van der Waals surface area contributed by atoms with E-state index in [1.54, 1.807) is 36.4 Å². The number of amides is 2. The molecule has 0 saturated carbocycles. The molecule has 6 rings (SSSR count). The van der Waals surface area contributed by atoms with Gasteiger partial charge in [-0.15, -0.1) is 0 Å². The van der Waals surface area contributed by atoms with Crippen LogP contribution in [0, 0.1) is 11.8 Å². The van der Waals surface area contributed by atoms with Gasteiger partial charge >= 0.3 is 6.18 Å². The Morgan fingerprint density at radius 2 is 1.50 bits per heavy atom. The number of rotatable bonds is 3. The molecule has 0 aliphatic carbocycles. The largest absolute Gasteiger partial charge is 0.416 e. The van der Waals surface area contributed by atoms with Crippen LogP contribution in [-0.4, -0.2) is 29.7 Å². The number of anilines is 2. The molecule has 2 saturated heterocycles. The summed E-state index contributed by atoms with van der Waals surface area (Å²) in [6.45, 7) is 0. The fourth-order valence-electron chi connectivity index (χ4n) is 5.66. The van der Waals surface area contributed by atoms with Crippen LogP contribution in [0.4, 0.5) is 24.5 Å². The summed E-state index contributed by atoms with van der Waals surface area (Å²) in [5.74, 6) is -3.54. The molecule has 2 amide bonds. The Kier molecular flexibility index (Phi) is 4.90. The molecule has 36 heavy (non-hydrogen) atoms. The Bertz CT molecular complexity index is 1430. The van der Waals surface area contributed by atoms with E-state index in [2.05, 4.69) is 0 Å². The molecule has 0 radical (unpaired) electrons. The van der Waals surface area contributed by atoms with E-state index < -0.39 is 47.5 Å². The molecule has 0 spiro atoms. The summed E-state index contributed by atoms with van der Waals surface area (Å²) in [5, 5.41) is 0. The van der Waals surface area contributed by atoms with Crippen molar-refractivity contribution in [2.24, 2.45) is 11.8 Å². The van der Waals surface area contributed by atoms with Gasteiger partial charge in [-0.3, -0.25) is 14.4 Å². The maximum atomic E-state index is 13.8. The van der Waals surface area contributed by atoms with E-state index in [0.717, 1.165) is 28.3 Å². The van der Waals surface area contributed by atoms with Crippen LogP contribution in [0.5, 0.6) is 0 Å². The van der Waals surface area contributed by atoms with Gasteiger partial charge < -0.3 is 4.90 Å². The summed E-state index contributed by atoms with van der Waals surface area (Å²) in [5.41, 5.74) is 0.885. The molecule has 0 aromatic heterocycles. The molecule has 3 aromatic carbocycles. The van der Waals surface area contributed by atoms with E-state index in [4.69, 9.17) is 0 Å². The highest BCUT2D eigenvalue weighted by Crippen LogP contribution is 2.50. The molecule has 0 N–H and O–H groups in total. The third-order valence-corrected chi connectivity index (χ3v) is 7.17. The van der Waals surface area contributed by atoms with Crippen LogP contribution in [0.1, 0.15) is 21.5 Å². The maximum absolute atomic E-state index is 13.8. The quantitative estimate of drug-likeness (QED) is 0.386. The second-order valence-electron chi connectivity index (χ2n) is 9.10. The molecule has 4 atom stereocenters. The number of hydrogen-bond donors (Lipinski definition) is 0. The third-order valence-electron chi connectivity index (χ3n) is 7.17. The van der Waals surface area contributed by atoms with Crippen molar-refractivity contribution >= 4 is 35.0 Å². The van der Waals surface area contributed by atoms with Crippen molar-refractivity contribution in [3.8, 4) is 0 Å². The van der Waals surface area contributed by atoms with Crippen molar-refractivity contribution in [3.05, 3.63) is 102 Å². The highest BCUT2D eigenvalue weighted by Gasteiger charge is 2.64. The van der Waals surface area contributed by atoms with E-state index in [9.17, 15) is 27.6 Å². The predicted octanol–water partition coefficient (Wildman–Crippen LogP) is 4.98. The molecular weight excluding hydrogens is 469 g/mol. The molecule has 3 aliphatic rings. The lowest BCUT2D eigenvalue weighted by Gasteiger charge is -2.36. The van der Waals surface area contributed by atoms with Gasteiger partial charge in [0.15, 0.2) is 5.78 Å². The molecule has 3 aromatic rings. The molecule has 3 aliphatic heterocycles. The van der Waals surface area contributed by atoms with E-state index in [1.165, 1.54) is 12.1 Å². The summed E-state index contributed by atoms with van der Waals surface area (Å²) in [4.78, 5) is 44.0. The van der Waals surface area contributed by atoms with Crippen molar-refractivity contribution in [1.82, 2.24) is 0 Å². The highest BCUT2D eigenvalue weighted by molar-refractivity contribution is 6.25. The molecule has 3 heterocycles. The number of carbonyl (C=O) groups is 3. The summed E-state index contributed by atoms with van der Waals surface area (Å²) in [6.07, 6.45) is -0.969. The monoisotopic (exact) mass is 488 g/mol. The minimum absolute atomic E-state index is 0.146. The number of para-hydroxylation sites is 1. The SMILES string of the molecule is O=C(c1ccccc1)[C@@H]1[C@@H]2C(=O)N(c3cccc(C(F)(F)F)c3)C(=O)[C@H]2[C@H]2C=Cc3ccccc3N21. The van der Waals surface area contributed by atoms with Crippen molar-refractivity contribution in [3.63, 3.8) is 0 Å². The van der Waals surface area contributed by atoms with E-state index in [0.29, 0.717) is 5.56 Å². The number of imide groups is 1. The lowest BCUT2D eigenvalue weighted by atomic mass is 9.86. The van der Waals surface area contributed by atoms with Gasteiger partial charge in [-0.2, -0.15) is 13.2 Å². The summed E-state index contributed by atoms with van der Waals surface area (Å²) in [6, 6.07) is 18.5. The zero-order valence-corrected chi connectivity index (χ0v) is 18.7. The summed E-state index contributed by atoms with van der Waals surface area (Å²) < 4.78 is 40.0. The van der Waals surface area contributed by atoms with Gasteiger partial charge in [0.05, 0.1) is 29.1 Å². The first-order valence-electron chi connectivity index (χ1n) is 11.5. The lowest BCUT2D eigenvalue weighted by molar-refractivity contribution is -0.137. The number of fused-ring (bicyclic) bond motifs is 5. The van der Waals surface area contributed by atoms with Crippen molar-refractivity contribution < 1.29 is 27.6 Å². The second kappa shape index (κ2) is 7.91. The van der Waals surface area contributed by atoms with E-state index in [-0.39, 0.29) is 11.5 Å². The fourth-order valence-corrected chi connectivity index (χ4v) is 5.66. The molecule has 2 fully saturated rings. The normalized spacial score (nSPS) is 24.5. The zero-order chi connectivity index (χ0) is 25.2. The number of alkyl halides is 3. The number of Topliss-reactive ketones (excluding diaryl/α,β-unsaturated/α-hetero) is 1. The van der Waals surface area contributed by atoms with Gasteiger partial charge in [0, 0.05) is 11.3 Å². The van der Waals surface area contributed by atoms with Gasteiger partial charge in [0.1, 0.15) is 6.04 Å². The fraction of sp³-hybridized carbons (Fsp3) is 0.179. The molecule has 0 bridgehead atoms. The number of benzene rings is 3. The van der Waals surface area contributed by atoms with Crippen molar-refractivity contribution in [2.75, 3.05) is 9.80 Å². The van der Waals surface area contributed by atoms with Crippen LogP contribution in [0.3, 0.4) is 0 Å². The number of hydrogen-bond acceptors (Lipinski definition) is 4. The van der Waals surface area contributed by atoms with E-state index >= 15 is 0 Å². The van der Waals surface area contributed by atoms with Crippen LogP contribution in [0.2, 0.25) is 0 Å². The first kappa shape index (κ1) is 22.3. The Balaban J connectivity index is 1.48. The number of carbonyl (C=O) groups excluding carboxylic acids is 3. The highest BCUT2D eigenvalue weighted by atomic mass is 19.4. The summed E-state index contributed by atoms with van der Waals surface area (Å²) in [7, 11) is 0. The van der Waals surface area contributed by atoms with Crippen LogP contribution in [-0.2, 0) is 15.8 Å². The molecular formula is C28H19F3N2O3. The third kappa shape index (κ3) is 3.21. The van der Waals surface area contributed by atoms with Crippen LogP contribution in [0.25, 0.3) is 6.08 Å². The zero-order valence-electron chi connectivity index (χ0n) is 18.7. The smallest absolute Gasteiger partial charge is 0.352 e. The standard InChI is InChI=1S/C28H19F3N2O3/c29-28(30,31)18-10-6-11-19(15-18)32-26(35)22-21-14-13-16-7-4-5-12-20(16)33(21)24(23(22)27(32)36)25(34)17-8-2-1-3-9-17/h1-15,21-24H/t21-,22+,23-,24+/m1/s1. The Morgan fingerprint density at radius 1 is 0.806 bits per heavy atom. The number of ketones is 1. The molecule has 0 unspecified atom stereocenters. The Morgan fingerprint density at radius 3 is 2.25 bits per heavy atom. The Hall–Kier alpha value is -4.20. The molecule has 180 valence electrons. The minimum Gasteiger partial charge on any atom is -0.352 e. The topological polar surface area (TPSA) is 57.7 Å². The molecule has 8 heteroatoms. The average molecular weight is 488 g/mol. The van der Waals surface area contributed by atoms with Crippen molar-refractivity contribution in [2.45, 2.75) is 18.3 Å². The van der Waals surface area contributed by atoms with Gasteiger partial charge in [-0.25, -0.2) is 4.90 Å². The lowest BCUT2D eigenvalue weighted by Crippen LogP contribution is -2.48. The average Bonchev–Trinajstić information content (AvgIpc) is 3.36. The van der Waals surface area contributed by atoms with Gasteiger partial charge in [0.2, 0.25) is 11.8 Å². The predicted molar refractivity (Wildman–Crippen MR) is 127 cm³/mol. The van der Waals surface area contributed by atoms with Crippen LogP contribution in [0.15, 0.2) is 84.9 Å². The number of nitrogens with zero attached hydrogens (tertiary/aromatic N) is 2. The first-order valence-corrected chi connectivity index (χ1v) is 11.5. The maximum Gasteiger partial charge on any atom is 0.416 e. The van der Waals surface area contributed by atoms with Crippen LogP contribution >= 0.6 is 0 Å².